The lowest BCUT2D eigenvalue weighted by molar-refractivity contribution is 0.102. The molecule has 0 fully saturated rings. The SMILES string of the molecule is O=C(Nc1cccnc1-n1cccn1)c1ccc(Cl)cc1I. The van der Waals surface area contributed by atoms with Crippen LogP contribution in [0.5, 0.6) is 0 Å². The van der Waals surface area contributed by atoms with Gasteiger partial charge < -0.3 is 5.32 Å². The maximum atomic E-state index is 12.5. The minimum absolute atomic E-state index is 0.220. The lowest BCUT2D eigenvalue weighted by atomic mass is 10.2. The van der Waals surface area contributed by atoms with Gasteiger partial charge in [0.1, 0.15) is 0 Å². The molecular weight excluding hydrogens is 415 g/mol. The van der Waals surface area contributed by atoms with Crippen molar-refractivity contribution in [1.29, 1.82) is 0 Å². The van der Waals surface area contributed by atoms with Gasteiger partial charge in [-0.3, -0.25) is 4.79 Å². The number of rotatable bonds is 3. The molecule has 110 valence electrons. The summed E-state index contributed by atoms with van der Waals surface area (Å²) in [6.45, 7) is 0. The van der Waals surface area contributed by atoms with Gasteiger partial charge in [-0.15, -0.1) is 0 Å². The highest BCUT2D eigenvalue weighted by Gasteiger charge is 2.14. The number of benzene rings is 1. The lowest BCUT2D eigenvalue weighted by Crippen LogP contribution is -2.15. The maximum absolute atomic E-state index is 12.5. The average molecular weight is 425 g/mol. The van der Waals surface area contributed by atoms with Crippen LogP contribution in [0.1, 0.15) is 10.4 Å². The molecule has 0 saturated carbocycles. The van der Waals surface area contributed by atoms with E-state index in [2.05, 4.69) is 38.0 Å². The van der Waals surface area contributed by atoms with Gasteiger partial charge >= 0.3 is 0 Å². The molecular formula is C15H10ClIN4O. The second-order valence-corrected chi connectivity index (χ2v) is 6.00. The van der Waals surface area contributed by atoms with Gasteiger partial charge in [-0.05, 0) is 59.0 Å². The van der Waals surface area contributed by atoms with E-state index in [0.717, 1.165) is 3.57 Å². The molecule has 0 radical (unpaired) electrons. The number of hydrogen-bond donors (Lipinski definition) is 1. The smallest absolute Gasteiger partial charge is 0.256 e. The fourth-order valence-electron chi connectivity index (χ4n) is 1.93. The lowest BCUT2D eigenvalue weighted by Gasteiger charge is -2.11. The summed E-state index contributed by atoms with van der Waals surface area (Å²) in [5.41, 5.74) is 1.14. The molecule has 0 aliphatic heterocycles. The molecule has 5 nitrogen and oxygen atoms in total. The number of carbonyl (C=O) groups excluding carboxylic acids is 1. The highest BCUT2D eigenvalue weighted by molar-refractivity contribution is 14.1. The zero-order valence-electron chi connectivity index (χ0n) is 11.2. The van der Waals surface area contributed by atoms with Crippen molar-refractivity contribution in [2.75, 3.05) is 5.32 Å². The van der Waals surface area contributed by atoms with Crippen LogP contribution in [-0.4, -0.2) is 20.7 Å². The Labute approximate surface area is 145 Å². The number of aromatic nitrogens is 3. The third kappa shape index (κ3) is 3.12. The summed E-state index contributed by atoms with van der Waals surface area (Å²) >= 11 is 8.00. The fraction of sp³-hybridized carbons (Fsp3) is 0. The van der Waals surface area contributed by atoms with Gasteiger partial charge in [-0.1, -0.05) is 11.6 Å². The molecule has 0 saturated heterocycles. The predicted molar refractivity (Wildman–Crippen MR) is 93.5 cm³/mol. The molecule has 3 rings (SSSR count). The second kappa shape index (κ2) is 6.45. The van der Waals surface area contributed by atoms with Gasteiger partial charge in [-0.25, -0.2) is 9.67 Å². The summed E-state index contributed by atoms with van der Waals surface area (Å²) < 4.78 is 2.38. The van der Waals surface area contributed by atoms with Crippen molar-refractivity contribution in [3.8, 4) is 5.82 Å². The molecule has 0 atom stereocenters. The van der Waals surface area contributed by atoms with Crippen LogP contribution in [0.3, 0.4) is 0 Å². The fourth-order valence-corrected chi connectivity index (χ4v) is 3.05. The zero-order valence-corrected chi connectivity index (χ0v) is 14.1. The van der Waals surface area contributed by atoms with E-state index in [4.69, 9.17) is 11.6 Å². The first kappa shape index (κ1) is 15.0. The second-order valence-electron chi connectivity index (χ2n) is 4.40. The van der Waals surface area contributed by atoms with Crippen molar-refractivity contribution in [3.63, 3.8) is 0 Å². The van der Waals surface area contributed by atoms with Crippen molar-refractivity contribution in [1.82, 2.24) is 14.8 Å². The summed E-state index contributed by atoms with van der Waals surface area (Å²) in [5, 5.41) is 7.60. The van der Waals surface area contributed by atoms with Crippen LogP contribution < -0.4 is 5.32 Å². The molecule has 0 aliphatic carbocycles. The normalized spacial score (nSPS) is 10.5. The number of nitrogens with zero attached hydrogens (tertiary/aromatic N) is 3. The van der Waals surface area contributed by atoms with Gasteiger partial charge in [-0.2, -0.15) is 5.10 Å². The Morgan fingerprint density at radius 1 is 1.23 bits per heavy atom. The van der Waals surface area contributed by atoms with Crippen LogP contribution in [0.4, 0.5) is 5.69 Å². The van der Waals surface area contributed by atoms with Crippen molar-refractivity contribution in [3.05, 3.63) is 69.1 Å². The van der Waals surface area contributed by atoms with E-state index in [0.29, 0.717) is 22.1 Å². The number of amides is 1. The molecule has 0 aliphatic rings. The summed E-state index contributed by atoms with van der Waals surface area (Å²) in [5.74, 6) is 0.340. The number of halogens is 2. The number of anilines is 1. The molecule has 0 unspecified atom stereocenters. The van der Waals surface area contributed by atoms with Gasteiger partial charge in [0, 0.05) is 27.2 Å². The molecule has 22 heavy (non-hydrogen) atoms. The topological polar surface area (TPSA) is 59.8 Å². The predicted octanol–water partition coefficient (Wildman–Crippen LogP) is 3.78. The summed E-state index contributed by atoms with van der Waals surface area (Å²) in [6.07, 6.45) is 5.07. The van der Waals surface area contributed by atoms with Crippen molar-refractivity contribution < 1.29 is 4.79 Å². The number of carbonyl (C=O) groups is 1. The Morgan fingerprint density at radius 3 is 2.82 bits per heavy atom. The molecule has 0 spiro atoms. The van der Waals surface area contributed by atoms with E-state index >= 15 is 0 Å². The molecule has 2 heterocycles. The van der Waals surface area contributed by atoms with Gasteiger partial charge in [0.25, 0.3) is 5.91 Å². The van der Waals surface area contributed by atoms with E-state index in [1.165, 1.54) is 0 Å². The third-order valence-corrected chi connectivity index (χ3v) is 4.06. The standard InChI is InChI=1S/C15H10ClIN4O/c16-10-4-5-11(12(17)9-10)15(22)20-13-3-1-6-18-14(13)21-8-2-7-19-21/h1-9H,(H,20,22). The first-order valence-electron chi connectivity index (χ1n) is 6.36. The Hall–Kier alpha value is -1.93. The van der Waals surface area contributed by atoms with Gasteiger partial charge in [0.15, 0.2) is 5.82 Å². The van der Waals surface area contributed by atoms with Crippen molar-refractivity contribution >= 4 is 45.8 Å². The first-order valence-corrected chi connectivity index (χ1v) is 7.82. The molecule has 1 amide bonds. The van der Waals surface area contributed by atoms with E-state index in [9.17, 15) is 4.79 Å². The monoisotopic (exact) mass is 424 g/mol. The van der Waals surface area contributed by atoms with Crippen molar-refractivity contribution in [2.24, 2.45) is 0 Å². The van der Waals surface area contributed by atoms with E-state index < -0.39 is 0 Å². The number of hydrogen-bond acceptors (Lipinski definition) is 3. The van der Waals surface area contributed by atoms with Crippen LogP contribution in [0.15, 0.2) is 55.0 Å². The van der Waals surface area contributed by atoms with Crippen LogP contribution in [-0.2, 0) is 0 Å². The Balaban J connectivity index is 1.92. The van der Waals surface area contributed by atoms with Crippen LogP contribution >= 0.6 is 34.2 Å². The Bertz CT molecular complexity index is 820. The van der Waals surface area contributed by atoms with Crippen LogP contribution in [0.2, 0.25) is 5.02 Å². The molecule has 0 bridgehead atoms. The summed E-state index contributed by atoms with van der Waals surface area (Å²) in [6, 6.07) is 10.5. The number of pyridine rings is 1. The van der Waals surface area contributed by atoms with Crippen LogP contribution in [0, 0.1) is 3.57 Å². The zero-order chi connectivity index (χ0) is 15.5. The minimum Gasteiger partial charge on any atom is -0.319 e. The molecule has 2 aromatic heterocycles. The molecule has 1 N–H and O–H groups in total. The van der Waals surface area contributed by atoms with Crippen molar-refractivity contribution in [2.45, 2.75) is 0 Å². The quantitative estimate of drug-likeness (QED) is 0.651. The third-order valence-electron chi connectivity index (χ3n) is 2.93. The molecule has 1 aromatic carbocycles. The van der Waals surface area contributed by atoms with Gasteiger partial charge in [0.2, 0.25) is 0 Å². The average Bonchev–Trinajstić information content (AvgIpc) is 3.01. The first-order chi connectivity index (χ1) is 10.6. The van der Waals surface area contributed by atoms with E-state index in [1.54, 1.807) is 59.7 Å². The van der Waals surface area contributed by atoms with Crippen LogP contribution in [0.25, 0.3) is 5.82 Å². The summed E-state index contributed by atoms with van der Waals surface area (Å²) in [7, 11) is 0. The number of nitrogens with one attached hydrogen (secondary N) is 1. The minimum atomic E-state index is -0.220. The Kier molecular flexibility index (Phi) is 4.39. The maximum Gasteiger partial charge on any atom is 0.256 e. The highest BCUT2D eigenvalue weighted by atomic mass is 127. The van der Waals surface area contributed by atoms with E-state index in [1.807, 2.05) is 0 Å². The largest absolute Gasteiger partial charge is 0.319 e. The molecule has 3 aromatic rings. The van der Waals surface area contributed by atoms with E-state index in [-0.39, 0.29) is 5.91 Å². The summed E-state index contributed by atoms with van der Waals surface area (Å²) in [4.78, 5) is 16.7. The molecule has 7 heteroatoms. The Morgan fingerprint density at radius 2 is 2.09 bits per heavy atom. The van der Waals surface area contributed by atoms with Gasteiger partial charge in [0.05, 0.1) is 11.3 Å². The highest BCUT2D eigenvalue weighted by Crippen LogP contribution is 2.21.